The van der Waals surface area contributed by atoms with Gasteiger partial charge in [0.25, 0.3) is 0 Å². The van der Waals surface area contributed by atoms with Crippen molar-refractivity contribution in [2.75, 3.05) is 0 Å². The molecule has 2 aliphatic rings. The standard InChI is InChI=1S/C18H19N.C2H6/c1-2-14-8-10-15(11-9-14)17-12-18(19-13-17)16-6-4-3-5-7-16;1-2/h3-8,10,12-13,18H,2,9,11H2,1H3;1-2H3. The van der Waals surface area contributed by atoms with Crippen molar-refractivity contribution >= 4 is 6.21 Å². The molecule has 1 aromatic rings. The molecule has 0 amide bonds. The Balaban J connectivity index is 0.000000774. The number of hydrogen-bond acceptors (Lipinski definition) is 1. The van der Waals surface area contributed by atoms with E-state index in [-0.39, 0.29) is 6.04 Å². The predicted octanol–water partition coefficient (Wildman–Crippen LogP) is 5.82. The second kappa shape index (κ2) is 7.78. The molecular formula is C20H25N. The van der Waals surface area contributed by atoms with Gasteiger partial charge in [-0.05, 0) is 42.0 Å². The number of allylic oxidation sites excluding steroid dienone is 5. The van der Waals surface area contributed by atoms with Crippen LogP contribution in [0.1, 0.15) is 51.6 Å². The Labute approximate surface area is 128 Å². The SMILES string of the molecule is CC.CCC1=CC=C(C2=CC(c3ccccc3)N=C2)CC1. The maximum Gasteiger partial charge on any atom is 0.0939 e. The first-order valence-electron chi connectivity index (χ1n) is 8.05. The Morgan fingerprint density at radius 2 is 1.81 bits per heavy atom. The number of rotatable bonds is 3. The van der Waals surface area contributed by atoms with Crippen molar-refractivity contribution in [2.24, 2.45) is 4.99 Å². The minimum Gasteiger partial charge on any atom is -0.280 e. The summed E-state index contributed by atoms with van der Waals surface area (Å²) >= 11 is 0. The van der Waals surface area contributed by atoms with Gasteiger partial charge < -0.3 is 0 Å². The van der Waals surface area contributed by atoms with Gasteiger partial charge in [0.05, 0.1) is 6.04 Å². The second-order valence-corrected chi connectivity index (χ2v) is 5.13. The number of benzene rings is 1. The molecule has 21 heavy (non-hydrogen) atoms. The molecule has 0 N–H and O–H groups in total. The fourth-order valence-electron chi connectivity index (χ4n) is 2.65. The molecule has 0 aromatic heterocycles. The highest BCUT2D eigenvalue weighted by atomic mass is 14.8. The molecule has 0 saturated carbocycles. The van der Waals surface area contributed by atoms with Crippen molar-refractivity contribution in [3.8, 4) is 0 Å². The fraction of sp³-hybridized carbons (Fsp3) is 0.350. The van der Waals surface area contributed by atoms with E-state index >= 15 is 0 Å². The zero-order valence-electron chi connectivity index (χ0n) is 13.3. The summed E-state index contributed by atoms with van der Waals surface area (Å²) in [6.45, 7) is 6.23. The van der Waals surface area contributed by atoms with E-state index in [2.05, 4.69) is 54.4 Å². The second-order valence-electron chi connectivity index (χ2n) is 5.13. The van der Waals surface area contributed by atoms with Crippen LogP contribution in [0.15, 0.2) is 70.3 Å². The third-order valence-electron chi connectivity index (χ3n) is 3.91. The lowest BCUT2D eigenvalue weighted by atomic mass is 9.92. The van der Waals surface area contributed by atoms with Gasteiger partial charge in [0.2, 0.25) is 0 Å². The first kappa shape index (κ1) is 15.5. The van der Waals surface area contributed by atoms with Crippen LogP contribution >= 0.6 is 0 Å². The average molecular weight is 279 g/mol. The van der Waals surface area contributed by atoms with Gasteiger partial charge in [0.15, 0.2) is 0 Å². The van der Waals surface area contributed by atoms with Crippen molar-refractivity contribution in [2.45, 2.75) is 46.1 Å². The fourth-order valence-corrected chi connectivity index (χ4v) is 2.65. The normalized spacial score (nSPS) is 20.1. The van der Waals surface area contributed by atoms with E-state index in [0.717, 1.165) is 6.42 Å². The summed E-state index contributed by atoms with van der Waals surface area (Å²) in [7, 11) is 0. The van der Waals surface area contributed by atoms with Crippen molar-refractivity contribution < 1.29 is 0 Å². The molecule has 1 aromatic carbocycles. The van der Waals surface area contributed by atoms with Gasteiger partial charge in [0, 0.05) is 6.21 Å². The van der Waals surface area contributed by atoms with Gasteiger partial charge in [0.1, 0.15) is 0 Å². The summed E-state index contributed by atoms with van der Waals surface area (Å²) < 4.78 is 0. The van der Waals surface area contributed by atoms with Crippen LogP contribution in [0, 0.1) is 0 Å². The third-order valence-corrected chi connectivity index (χ3v) is 3.91. The molecule has 110 valence electrons. The molecule has 0 radical (unpaired) electrons. The molecule has 0 spiro atoms. The van der Waals surface area contributed by atoms with Gasteiger partial charge in [-0.1, -0.05) is 68.8 Å². The highest BCUT2D eigenvalue weighted by Gasteiger charge is 2.16. The smallest absolute Gasteiger partial charge is 0.0939 e. The highest BCUT2D eigenvalue weighted by molar-refractivity contribution is 5.87. The van der Waals surface area contributed by atoms with Crippen LogP contribution in [0.25, 0.3) is 0 Å². The summed E-state index contributed by atoms with van der Waals surface area (Å²) in [6, 6.07) is 10.7. The maximum atomic E-state index is 4.62. The topological polar surface area (TPSA) is 12.4 Å². The van der Waals surface area contributed by atoms with Crippen LogP contribution < -0.4 is 0 Å². The van der Waals surface area contributed by atoms with E-state index < -0.39 is 0 Å². The summed E-state index contributed by atoms with van der Waals surface area (Å²) in [4.78, 5) is 4.62. The maximum absolute atomic E-state index is 4.62. The lowest BCUT2D eigenvalue weighted by Crippen LogP contribution is -1.96. The predicted molar refractivity (Wildman–Crippen MR) is 92.8 cm³/mol. The monoisotopic (exact) mass is 279 g/mol. The zero-order chi connectivity index (χ0) is 15.1. The van der Waals surface area contributed by atoms with Gasteiger partial charge in [-0.15, -0.1) is 0 Å². The molecule has 1 atom stereocenters. The van der Waals surface area contributed by atoms with E-state index in [0.29, 0.717) is 0 Å². The van der Waals surface area contributed by atoms with Crippen molar-refractivity contribution in [3.63, 3.8) is 0 Å². The molecule has 1 heteroatoms. The number of hydrogen-bond donors (Lipinski definition) is 0. The van der Waals surface area contributed by atoms with Crippen molar-refractivity contribution in [1.29, 1.82) is 0 Å². The molecule has 0 bridgehead atoms. The summed E-state index contributed by atoms with van der Waals surface area (Å²) in [5.41, 5.74) is 5.56. The minimum atomic E-state index is 0.202. The van der Waals surface area contributed by atoms with Crippen LogP contribution in [0.3, 0.4) is 0 Å². The Kier molecular flexibility index (Phi) is 5.74. The van der Waals surface area contributed by atoms with E-state index in [4.69, 9.17) is 0 Å². The summed E-state index contributed by atoms with van der Waals surface area (Å²) in [5, 5.41) is 0. The Hall–Kier alpha value is -1.89. The Morgan fingerprint density at radius 1 is 1.05 bits per heavy atom. The van der Waals surface area contributed by atoms with Crippen LogP contribution in [-0.4, -0.2) is 6.21 Å². The molecular weight excluding hydrogens is 254 g/mol. The van der Waals surface area contributed by atoms with Crippen LogP contribution in [0.2, 0.25) is 0 Å². The Morgan fingerprint density at radius 3 is 2.43 bits per heavy atom. The zero-order valence-corrected chi connectivity index (χ0v) is 13.3. The third kappa shape index (κ3) is 3.81. The molecule has 3 rings (SSSR count). The molecule has 1 aliphatic carbocycles. The van der Waals surface area contributed by atoms with E-state index in [1.165, 1.54) is 29.6 Å². The number of aliphatic imine (C=N–C) groups is 1. The summed E-state index contributed by atoms with van der Waals surface area (Å²) in [5.74, 6) is 0. The molecule has 0 saturated heterocycles. The van der Waals surface area contributed by atoms with E-state index in [1.807, 2.05) is 26.1 Å². The van der Waals surface area contributed by atoms with Crippen molar-refractivity contribution in [1.82, 2.24) is 0 Å². The quantitative estimate of drug-likeness (QED) is 0.661. The largest absolute Gasteiger partial charge is 0.280 e. The lowest BCUT2D eigenvalue weighted by Gasteiger charge is -2.13. The first-order chi connectivity index (χ1) is 10.4. The minimum absolute atomic E-state index is 0.202. The number of nitrogens with zero attached hydrogens (tertiary/aromatic N) is 1. The van der Waals surface area contributed by atoms with Crippen molar-refractivity contribution in [3.05, 3.63) is 70.8 Å². The van der Waals surface area contributed by atoms with Crippen LogP contribution in [-0.2, 0) is 0 Å². The van der Waals surface area contributed by atoms with Crippen LogP contribution in [0.5, 0.6) is 0 Å². The van der Waals surface area contributed by atoms with Gasteiger partial charge in [-0.3, -0.25) is 4.99 Å². The molecule has 1 nitrogen and oxygen atoms in total. The van der Waals surface area contributed by atoms with Crippen LogP contribution in [0.4, 0.5) is 0 Å². The van der Waals surface area contributed by atoms with Gasteiger partial charge >= 0.3 is 0 Å². The molecule has 1 heterocycles. The molecule has 1 unspecified atom stereocenters. The van der Waals surface area contributed by atoms with Gasteiger partial charge in [-0.2, -0.15) is 0 Å². The first-order valence-corrected chi connectivity index (χ1v) is 8.05. The molecule has 0 fully saturated rings. The van der Waals surface area contributed by atoms with E-state index in [9.17, 15) is 0 Å². The summed E-state index contributed by atoms with van der Waals surface area (Å²) in [6.07, 6.45) is 12.4. The van der Waals surface area contributed by atoms with E-state index in [1.54, 1.807) is 5.57 Å². The average Bonchev–Trinajstić information content (AvgIpc) is 3.08. The van der Waals surface area contributed by atoms with Gasteiger partial charge in [-0.25, -0.2) is 0 Å². The molecule has 1 aliphatic heterocycles. The highest BCUT2D eigenvalue weighted by Crippen LogP contribution is 2.31. The Bertz CT molecular complexity index is 573. The lowest BCUT2D eigenvalue weighted by molar-refractivity contribution is 0.867.